The number of ketones is 1. The SMILES string of the molecule is C[C@H]1CC[C@@H](N(C(=O)CC[C@H](C)C(N)=O)S(=O)(=O)c2ccccn2)C(=O)CN1. The van der Waals surface area contributed by atoms with Gasteiger partial charge in [0.1, 0.15) is 6.04 Å². The van der Waals surface area contributed by atoms with Gasteiger partial charge in [-0.1, -0.05) is 13.0 Å². The van der Waals surface area contributed by atoms with E-state index >= 15 is 0 Å². The van der Waals surface area contributed by atoms with Crippen molar-refractivity contribution in [3.8, 4) is 0 Å². The molecule has 9 nitrogen and oxygen atoms in total. The van der Waals surface area contributed by atoms with E-state index in [1.807, 2.05) is 6.92 Å². The molecule has 1 aliphatic rings. The molecule has 2 heterocycles. The first-order valence-electron chi connectivity index (χ1n) is 9.18. The summed E-state index contributed by atoms with van der Waals surface area (Å²) in [6.45, 7) is 3.43. The maximum absolute atomic E-state index is 13.2. The normalized spacial score (nSPS) is 21.6. The van der Waals surface area contributed by atoms with Crippen LogP contribution in [-0.2, 0) is 24.4 Å². The summed E-state index contributed by atoms with van der Waals surface area (Å²) >= 11 is 0. The van der Waals surface area contributed by atoms with Gasteiger partial charge in [0.25, 0.3) is 10.0 Å². The van der Waals surface area contributed by atoms with Crippen LogP contribution in [-0.4, -0.2) is 53.9 Å². The molecule has 0 aliphatic carbocycles. The van der Waals surface area contributed by atoms with E-state index in [9.17, 15) is 22.8 Å². The van der Waals surface area contributed by atoms with Gasteiger partial charge in [0, 0.05) is 24.6 Å². The molecule has 0 saturated carbocycles. The number of amides is 2. The fourth-order valence-corrected chi connectivity index (χ4v) is 4.54. The van der Waals surface area contributed by atoms with E-state index in [0.29, 0.717) is 10.7 Å². The molecule has 28 heavy (non-hydrogen) atoms. The van der Waals surface area contributed by atoms with Crippen LogP contribution in [0.25, 0.3) is 0 Å². The Bertz CT molecular complexity index is 828. The van der Waals surface area contributed by atoms with E-state index in [1.54, 1.807) is 13.0 Å². The number of Topliss-reactive ketones (excluding diaryl/α,β-unsaturated/α-hetero) is 1. The van der Waals surface area contributed by atoms with Crippen LogP contribution in [0.15, 0.2) is 29.4 Å². The lowest BCUT2D eigenvalue weighted by Crippen LogP contribution is -2.49. The van der Waals surface area contributed by atoms with Crippen molar-refractivity contribution in [1.82, 2.24) is 14.6 Å². The number of sulfonamides is 1. The Hall–Kier alpha value is -2.33. The van der Waals surface area contributed by atoms with Crippen LogP contribution in [0.5, 0.6) is 0 Å². The number of nitrogens with two attached hydrogens (primary N) is 1. The minimum atomic E-state index is -4.33. The van der Waals surface area contributed by atoms with E-state index in [0.717, 1.165) is 0 Å². The average Bonchev–Trinajstić information content (AvgIpc) is 2.82. The van der Waals surface area contributed by atoms with Gasteiger partial charge in [-0.15, -0.1) is 0 Å². The number of hydrogen-bond acceptors (Lipinski definition) is 7. The number of primary amides is 1. The molecule has 1 aromatic rings. The fourth-order valence-electron chi connectivity index (χ4n) is 2.98. The summed E-state index contributed by atoms with van der Waals surface area (Å²) in [5, 5.41) is 2.71. The minimum Gasteiger partial charge on any atom is -0.369 e. The van der Waals surface area contributed by atoms with Gasteiger partial charge in [-0.3, -0.25) is 14.4 Å². The van der Waals surface area contributed by atoms with Crippen molar-refractivity contribution in [2.75, 3.05) is 6.54 Å². The standard InChI is InChI=1S/C18H26N4O5S/c1-12(18(19)25)6-9-17(24)22(14-8-7-13(2)21-11-15(14)23)28(26,27)16-5-3-4-10-20-16/h3-5,10,12-14,21H,6-9,11H2,1-2H3,(H2,19,25)/t12-,13-,14+/m0/s1. The van der Waals surface area contributed by atoms with Crippen molar-refractivity contribution in [2.45, 2.75) is 56.6 Å². The predicted octanol–water partition coefficient (Wildman–Crippen LogP) is 0.210. The van der Waals surface area contributed by atoms with Crippen molar-refractivity contribution < 1.29 is 22.8 Å². The molecule has 0 radical (unpaired) electrons. The number of nitrogens with zero attached hydrogens (tertiary/aromatic N) is 2. The number of nitrogens with one attached hydrogen (secondary N) is 1. The minimum absolute atomic E-state index is 0.0228. The van der Waals surface area contributed by atoms with E-state index in [4.69, 9.17) is 5.73 Å². The highest BCUT2D eigenvalue weighted by atomic mass is 32.2. The Morgan fingerprint density at radius 3 is 2.68 bits per heavy atom. The summed E-state index contributed by atoms with van der Waals surface area (Å²) in [6.07, 6.45) is 1.94. The molecule has 1 fully saturated rings. The monoisotopic (exact) mass is 410 g/mol. The van der Waals surface area contributed by atoms with Gasteiger partial charge in [0.15, 0.2) is 10.8 Å². The van der Waals surface area contributed by atoms with E-state index in [2.05, 4.69) is 10.3 Å². The summed E-state index contributed by atoms with van der Waals surface area (Å²) in [5.74, 6) is -2.28. The van der Waals surface area contributed by atoms with Crippen molar-refractivity contribution in [3.05, 3.63) is 24.4 Å². The molecule has 1 saturated heterocycles. The summed E-state index contributed by atoms with van der Waals surface area (Å²) in [4.78, 5) is 40.6. The average molecular weight is 410 g/mol. The quantitative estimate of drug-likeness (QED) is 0.655. The zero-order valence-electron chi connectivity index (χ0n) is 16.0. The van der Waals surface area contributed by atoms with Gasteiger partial charge in [0.2, 0.25) is 11.8 Å². The molecule has 0 bridgehead atoms. The highest BCUT2D eigenvalue weighted by Gasteiger charge is 2.40. The van der Waals surface area contributed by atoms with Crippen LogP contribution in [0, 0.1) is 5.92 Å². The summed E-state index contributed by atoms with van der Waals surface area (Å²) in [7, 11) is -4.33. The lowest BCUT2D eigenvalue weighted by Gasteiger charge is -2.29. The molecule has 3 atom stereocenters. The Kier molecular flexibility index (Phi) is 7.25. The molecule has 0 aromatic carbocycles. The Balaban J connectivity index is 2.39. The number of hydrogen-bond donors (Lipinski definition) is 2. The first-order valence-corrected chi connectivity index (χ1v) is 10.6. The lowest BCUT2D eigenvalue weighted by atomic mass is 10.0. The molecule has 1 aliphatic heterocycles. The van der Waals surface area contributed by atoms with Gasteiger partial charge in [0.05, 0.1) is 6.54 Å². The van der Waals surface area contributed by atoms with E-state index in [-0.39, 0.29) is 42.7 Å². The van der Waals surface area contributed by atoms with Crippen LogP contribution < -0.4 is 11.1 Å². The summed E-state index contributed by atoms with van der Waals surface area (Å²) in [6, 6.07) is 3.25. The molecule has 2 amide bonds. The first-order chi connectivity index (χ1) is 13.1. The van der Waals surface area contributed by atoms with Crippen molar-refractivity contribution in [1.29, 1.82) is 0 Å². The van der Waals surface area contributed by atoms with Crippen molar-refractivity contribution in [3.63, 3.8) is 0 Å². The van der Waals surface area contributed by atoms with Crippen LogP contribution in [0.3, 0.4) is 0 Å². The molecule has 0 unspecified atom stereocenters. The molecule has 0 spiro atoms. The van der Waals surface area contributed by atoms with Crippen LogP contribution in [0.4, 0.5) is 0 Å². The highest BCUT2D eigenvalue weighted by Crippen LogP contribution is 2.24. The number of carbonyl (C=O) groups is 3. The number of aromatic nitrogens is 1. The van der Waals surface area contributed by atoms with Crippen LogP contribution in [0.2, 0.25) is 0 Å². The molecule has 2 rings (SSSR count). The van der Waals surface area contributed by atoms with Gasteiger partial charge in [-0.2, -0.15) is 8.42 Å². The molecule has 154 valence electrons. The summed E-state index contributed by atoms with van der Waals surface area (Å²) in [5.41, 5.74) is 5.22. The smallest absolute Gasteiger partial charge is 0.284 e. The molecule has 10 heteroatoms. The van der Waals surface area contributed by atoms with Crippen molar-refractivity contribution in [2.24, 2.45) is 11.7 Å². The third-order valence-corrected chi connectivity index (χ3v) is 6.58. The molecule has 3 N–H and O–H groups in total. The third-order valence-electron chi connectivity index (χ3n) is 4.84. The first kappa shape index (κ1) is 22.0. The van der Waals surface area contributed by atoms with Gasteiger partial charge >= 0.3 is 0 Å². The zero-order chi connectivity index (χ0) is 20.9. The molecule has 1 aromatic heterocycles. The highest BCUT2D eigenvalue weighted by molar-refractivity contribution is 7.89. The van der Waals surface area contributed by atoms with Crippen LogP contribution >= 0.6 is 0 Å². The van der Waals surface area contributed by atoms with Crippen molar-refractivity contribution >= 4 is 27.6 Å². The van der Waals surface area contributed by atoms with E-state index < -0.39 is 33.8 Å². The Labute approximate surface area is 164 Å². The Morgan fingerprint density at radius 2 is 2.07 bits per heavy atom. The van der Waals surface area contributed by atoms with Gasteiger partial charge in [-0.25, -0.2) is 9.29 Å². The predicted molar refractivity (Wildman–Crippen MR) is 101 cm³/mol. The Morgan fingerprint density at radius 1 is 1.36 bits per heavy atom. The maximum atomic E-state index is 13.2. The summed E-state index contributed by atoms with van der Waals surface area (Å²) < 4.78 is 27.0. The third kappa shape index (κ3) is 5.14. The maximum Gasteiger partial charge on any atom is 0.284 e. The topological polar surface area (TPSA) is 140 Å². The van der Waals surface area contributed by atoms with Gasteiger partial charge < -0.3 is 11.1 Å². The second kappa shape index (κ2) is 9.24. The van der Waals surface area contributed by atoms with Crippen LogP contribution in [0.1, 0.15) is 39.5 Å². The largest absolute Gasteiger partial charge is 0.369 e. The second-order valence-electron chi connectivity index (χ2n) is 7.05. The van der Waals surface area contributed by atoms with Gasteiger partial charge in [-0.05, 0) is 38.3 Å². The second-order valence-corrected chi connectivity index (χ2v) is 8.81. The lowest BCUT2D eigenvalue weighted by molar-refractivity contribution is -0.134. The number of carbonyl (C=O) groups excluding carboxylic acids is 3. The molecular weight excluding hydrogens is 384 g/mol. The zero-order valence-corrected chi connectivity index (χ0v) is 16.8. The fraction of sp³-hybridized carbons (Fsp3) is 0.556. The number of pyridine rings is 1. The number of rotatable bonds is 7. The van der Waals surface area contributed by atoms with E-state index in [1.165, 1.54) is 18.3 Å². The molecular formula is C18H26N4O5S.